The van der Waals surface area contributed by atoms with Crippen molar-refractivity contribution in [2.24, 2.45) is 0 Å². The van der Waals surface area contributed by atoms with Crippen LogP contribution < -0.4 is 0 Å². The molecule has 0 atom stereocenters. The fraction of sp³-hybridized carbons (Fsp3) is 0.385. The predicted molar refractivity (Wildman–Crippen MR) is 70.1 cm³/mol. The highest BCUT2D eigenvalue weighted by molar-refractivity contribution is 6.13. The van der Waals surface area contributed by atoms with Crippen molar-refractivity contribution in [3.8, 4) is 0 Å². The number of nitrogens with zero attached hydrogens (tertiary/aromatic N) is 2. The van der Waals surface area contributed by atoms with E-state index >= 15 is 0 Å². The normalized spacial score (nSPS) is 16.8. The summed E-state index contributed by atoms with van der Waals surface area (Å²) in [4.78, 5) is 72.7. The van der Waals surface area contributed by atoms with Crippen LogP contribution in [0.3, 0.4) is 0 Å². The van der Waals surface area contributed by atoms with Gasteiger partial charge in [0.2, 0.25) is 6.79 Å². The lowest BCUT2D eigenvalue weighted by atomic mass is 10.4. The number of hydrogen-bond acceptors (Lipinski definition) is 9. The summed E-state index contributed by atoms with van der Waals surface area (Å²) in [5.41, 5.74) is 0. The third-order valence-corrected chi connectivity index (χ3v) is 3.01. The van der Waals surface area contributed by atoms with Gasteiger partial charge in [-0.15, -0.1) is 0 Å². The quantitative estimate of drug-likeness (QED) is 0.339. The average molecular weight is 340 g/mol. The average Bonchev–Trinajstić information content (AvgIpc) is 3.01. The number of hydroxylamine groups is 2. The van der Waals surface area contributed by atoms with Crippen molar-refractivity contribution in [2.45, 2.75) is 19.3 Å². The lowest BCUT2D eigenvalue weighted by Crippen LogP contribution is -2.33. The van der Waals surface area contributed by atoms with Crippen molar-refractivity contribution in [2.75, 3.05) is 13.3 Å². The second kappa shape index (κ2) is 7.35. The van der Waals surface area contributed by atoms with Gasteiger partial charge >= 0.3 is 12.1 Å². The Morgan fingerprint density at radius 2 is 1.54 bits per heavy atom. The molecule has 0 aromatic carbocycles. The van der Waals surface area contributed by atoms with Gasteiger partial charge in [-0.25, -0.2) is 4.79 Å². The van der Waals surface area contributed by atoms with Gasteiger partial charge in [0, 0.05) is 31.5 Å². The van der Waals surface area contributed by atoms with E-state index in [4.69, 9.17) is 0 Å². The maximum Gasteiger partial charge on any atom is 0.536 e. The van der Waals surface area contributed by atoms with Crippen LogP contribution in [-0.2, 0) is 38.3 Å². The topological polar surface area (TPSA) is 137 Å². The molecule has 11 heteroatoms. The molecule has 0 saturated carbocycles. The molecule has 0 unspecified atom stereocenters. The Morgan fingerprint density at radius 1 is 0.958 bits per heavy atom. The van der Waals surface area contributed by atoms with Crippen molar-refractivity contribution in [3.63, 3.8) is 0 Å². The van der Waals surface area contributed by atoms with Crippen molar-refractivity contribution in [1.29, 1.82) is 0 Å². The molecule has 4 amide bonds. The molecule has 2 heterocycles. The third-order valence-electron chi connectivity index (χ3n) is 3.01. The first-order valence-electron chi connectivity index (χ1n) is 6.78. The number of carbonyl (C=O) groups is 6. The summed E-state index contributed by atoms with van der Waals surface area (Å²) in [5.74, 6) is -3.26. The number of rotatable bonds is 6. The van der Waals surface area contributed by atoms with Crippen LogP contribution in [-0.4, -0.2) is 59.1 Å². The molecule has 0 bridgehead atoms. The molecule has 2 rings (SSSR count). The highest BCUT2D eigenvalue weighted by Crippen LogP contribution is 2.12. The molecule has 0 N–H and O–H groups in total. The van der Waals surface area contributed by atoms with E-state index < -0.39 is 42.5 Å². The van der Waals surface area contributed by atoms with Crippen LogP contribution in [0.2, 0.25) is 0 Å². The number of hydrogen-bond donors (Lipinski definition) is 0. The molecule has 1 saturated heterocycles. The van der Waals surface area contributed by atoms with Gasteiger partial charge in [0.25, 0.3) is 23.6 Å². The van der Waals surface area contributed by atoms with Gasteiger partial charge in [-0.05, 0) is 0 Å². The number of imide groups is 2. The van der Waals surface area contributed by atoms with E-state index in [9.17, 15) is 28.8 Å². The van der Waals surface area contributed by atoms with Crippen molar-refractivity contribution in [3.05, 3.63) is 12.2 Å². The summed E-state index contributed by atoms with van der Waals surface area (Å²) < 4.78 is 8.92. The fourth-order valence-corrected chi connectivity index (χ4v) is 1.83. The Morgan fingerprint density at radius 3 is 2.12 bits per heavy atom. The third kappa shape index (κ3) is 4.15. The monoisotopic (exact) mass is 340 g/mol. The Balaban J connectivity index is 1.63. The molecule has 1 fully saturated rings. The summed E-state index contributed by atoms with van der Waals surface area (Å²) in [7, 11) is 0. The van der Waals surface area contributed by atoms with E-state index in [1.54, 1.807) is 0 Å². The van der Waals surface area contributed by atoms with E-state index in [0.29, 0.717) is 0 Å². The minimum absolute atomic E-state index is 0.0656. The minimum atomic E-state index is -1.39. The molecule has 11 nitrogen and oxygen atoms in total. The van der Waals surface area contributed by atoms with Crippen LogP contribution in [0.4, 0.5) is 4.79 Å². The summed E-state index contributed by atoms with van der Waals surface area (Å²) in [5, 5.41) is 0.280. The van der Waals surface area contributed by atoms with E-state index in [0.717, 1.165) is 17.1 Å². The number of carbonyl (C=O) groups excluding carboxylic acids is 6. The largest absolute Gasteiger partial charge is 0.536 e. The summed E-state index contributed by atoms with van der Waals surface area (Å²) in [6, 6.07) is 0. The van der Waals surface area contributed by atoms with Gasteiger partial charge in [-0.1, -0.05) is 5.06 Å². The molecule has 0 aromatic rings. The van der Waals surface area contributed by atoms with Crippen LogP contribution in [0, 0.1) is 0 Å². The van der Waals surface area contributed by atoms with Crippen molar-refractivity contribution in [1.82, 2.24) is 9.96 Å². The zero-order valence-corrected chi connectivity index (χ0v) is 12.3. The van der Waals surface area contributed by atoms with Crippen LogP contribution in [0.1, 0.15) is 19.3 Å². The standard InChI is InChI=1S/C13H12N2O9/c16-8-1-2-9(17)14(8)6-5-12(20)22-7-23-13(21)24-15-10(18)3-4-11(15)19/h1-2H,3-7H2. The molecule has 0 radical (unpaired) electrons. The van der Waals surface area contributed by atoms with Crippen LogP contribution >= 0.6 is 0 Å². The zero-order chi connectivity index (χ0) is 17.7. The fourth-order valence-electron chi connectivity index (χ4n) is 1.83. The first-order valence-corrected chi connectivity index (χ1v) is 6.78. The highest BCUT2D eigenvalue weighted by atomic mass is 16.9. The molecule has 128 valence electrons. The molecule has 0 aromatic heterocycles. The molecular formula is C13H12N2O9. The van der Waals surface area contributed by atoms with Gasteiger partial charge in [0.1, 0.15) is 0 Å². The van der Waals surface area contributed by atoms with Crippen molar-refractivity contribution >= 4 is 35.8 Å². The van der Waals surface area contributed by atoms with Gasteiger partial charge in [0.05, 0.1) is 6.42 Å². The Labute approximate surface area is 134 Å². The summed E-state index contributed by atoms with van der Waals surface area (Å²) in [6.45, 7) is -0.987. The van der Waals surface area contributed by atoms with E-state index in [1.165, 1.54) is 0 Å². The number of esters is 1. The van der Waals surface area contributed by atoms with E-state index in [2.05, 4.69) is 14.3 Å². The van der Waals surface area contributed by atoms with Gasteiger partial charge in [-0.3, -0.25) is 33.7 Å². The van der Waals surface area contributed by atoms with Crippen molar-refractivity contribution < 1.29 is 43.1 Å². The maximum absolute atomic E-state index is 11.4. The van der Waals surface area contributed by atoms with Gasteiger partial charge in [-0.2, -0.15) is 0 Å². The Bertz CT molecular complexity index is 605. The molecule has 24 heavy (non-hydrogen) atoms. The van der Waals surface area contributed by atoms with Crippen LogP contribution in [0.15, 0.2) is 12.2 Å². The number of amides is 4. The van der Waals surface area contributed by atoms with Gasteiger partial charge < -0.3 is 9.47 Å². The van der Waals surface area contributed by atoms with Crippen LogP contribution in [0.25, 0.3) is 0 Å². The SMILES string of the molecule is O=C(CCN1C(=O)C=CC1=O)OCOC(=O)ON1C(=O)CCC1=O. The molecular weight excluding hydrogens is 328 g/mol. The first kappa shape index (κ1) is 17.1. The Hall–Kier alpha value is -3.24. The minimum Gasteiger partial charge on any atom is -0.428 e. The second-order valence-electron chi connectivity index (χ2n) is 4.61. The van der Waals surface area contributed by atoms with Gasteiger partial charge in [0.15, 0.2) is 0 Å². The molecule has 0 spiro atoms. The smallest absolute Gasteiger partial charge is 0.428 e. The highest BCUT2D eigenvalue weighted by Gasteiger charge is 2.33. The number of ether oxygens (including phenoxy) is 2. The molecule has 0 aliphatic carbocycles. The summed E-state index contributed by atoms with van der Waals surface area (Å²) >= 11 is 0. The van der Waals surface area contributed by atoms with E-state index in [1.807, 2.05) is 0 Å². The molecule has 2 aliphatic rings. The van der Waals surface area contributed by atoms with E-state index in [-0.39, 0.29) is 30.9 Å². The predicted octanol–water partition coefficient (Wildman–Crippen LogP) is -0.981. The zero-order valence-electron chi connectivity index (χ0n) is 12.3. The summed E-state index contributed by atoms with van der Waals surface area (Å²) in [6.07, 6.45) is 0.344. The Kier molecular flexibility index (Phi) is 5.24. The maximum atomic E-state index is 11.4. The second-order valence-corrected chi connectivity index (χ2v) is 4.61. The lowest BCUT2D eigenvalue weighted by Gasteiger charge is -2.13. The molecule has 2 aliphatic heterocycles. The van der Waals surface area contributed by atoms with Crippen LogP contribution in [0.5, 0.6) is 0 Å². The lowest BCUT2D eigenvalue weighted by molar-refractivity contribution is -0.182. The first-order chi connectivity index (χ1) is 11.4.